The van der Waals surface area contributed by atoms with Crippen LogP contribution in [0.25, 0.3) is 22.6 Å². The van der Waals surface area contributed by atoms with Gasteiger partial charge in [0.05, 0.1) is 24.4 Å². The van der Waals surface area contributed by atoms with Crippen LogP contribution in [0.3, 0.4) is 0 Å². The average molecular weight is 565 g/mol. The molecule has 4 aromatic rings. The fraction of sp³-hybridized carbons (Fsp3) is 0.448. The summed E-state index contributed by atoms with van der Waals surface area (Å²) in [4.78, 5) is 17.4. The second-order valence-corrected chi connectivity index (χ2v) is 11.3. The Hall–Kier alpha value is -3.93. The van der Waals surface area contributed by atoms with Crippen molar-refractivity contribution in [2.75, 3.05) is 38.7 Å². The van der Waals surface area contributed by atoms with Gasteiger partial charge >= 0.3 is 6.18 Å². The van der Waals surface area contributed by atoms with Crippen LogP contribution in [-0.2, 0) is 26.2 Å². The van der Waals surface area contributed by atoms with Crippen LogP contribution in [0.15, 0.2) is 36.8 Å². The number of halogens is 3. The molecule has 0 amide bonds. The van der Waals surface area contributed by atoms with Gasteiger partial charge in [-0.3, -0.25) is 4.68 Å². The van der Waals surface area contributed by atoms with Gasteiger partial charge in [-0.05, 0) is 44.2 Å². The quantitative estimate of drug-likeness (QED) is 0.336. The molecular formula is C29H31F3N8O. The number of anilines is 1. The van der Waals surface area contributed by atoms with Crippen LogP contribution in [-0.4, -0.2) is 68.0 Å². The Labute approximate surface area is 235 Å². The zero-order valence-electron chi connectivity index (χ0n) is 23.2. The van der Waals surface area contributed by atoms with Gasteiger partial charge in [0.15, 0.2) is 5.69 Å². The molecule has 0 spiro atoms. The van der Waals surface area contributed by atoms with E-state index in [4.69, 9.17) is 9.84 Å². The van der Waals surface area contributed by atoms with E-state index in [1.165, 1.54) is 5.69 Å². The number of hydrogen-bond acceptors (Lipinski definition) is 7. The summed E-state index contributed by atoms with van der Waals surface area (Å²) < 4.78 is 49.9. The minimum atomic E-state index is -4.49. The summed E-state index contributed by atoms with van der Waals surface area (Å²) in [5, 5.41) is 4.91. The van der Waals surface area contributed by atoms with Crippen molar-refractivity contribution in [2.45, 2.75) is 43.9 Å². The summed E-state index contributed by atoms with van der Waals surface area (Å²) in [6, 6.07) is 7.65. The number of benzene rings is 1. The molecule has 1 aromatic carbocycles. The molecule has 2 aliphatic heterocycles. The van der Waals surface area contributed by atoms with E-state index < -0.39 is 11.9 Å². The summed E-state index contributed by atoms with van der Waals surface area (Å²) in [6.07, 6.45) is 1.22. The van der Waals surface area contributed by atoms with Crippen molar-refractivity contribution in [3.8, 4) is 28.5 Å². The van der Waals surface area contributed by atoms with E-state index in [0.717, 1.165) is 60.2 Å². The predicted molar refractivity (Wildman–Crippen MR) is 147 cm³/mol. The second kappa shape index (κ2) is 9.57. The van der Waals surface area contributed by atoms with Gasteiger partial charge in [0.1, 0.15) is 17.8 Å². The zero-order chi connectivity index (χ0) is 28.5. The lowest BCUT2D eigenvalue weighted by Crippen LogP contribution is -2.44. The highest BCUT2D eigenvalue weighted by Crippen LogP contribution is 2.47. The van der Waals surface area contributed by atoms with Crippen LogP contribution in [0.5, 0.6) is 5.88 Å². The van der Waals surface area contributed by atoms with Crippen LogP contribution in [0.1, 0.15) is 47.4 Å². The SMILES string of the molecule is COc1ncnc(C2CC2)c1-c1nn(C)c2c1CN(c1ccc(-c3nc(C(F)(F)F)cn3C3CN(C)C3)cc1)CC2. The van der Waals surface area contributed by atoms with Gasteiger partial charge in [-0.1, -0.05) is 0 Å². The number of aromatic nitrogens is 6. The number of methoxy groups -OCH3 is 1. The Morgan fingerprint density at radius 2 is 1.78 bits per heavy atom. The first-order valence-corrected chi connectivity index (χ1v) is 13.8. The molecule has 1 saturated heterocycles. The van der Waals surface area contributed by atoms with E-state index in [2.05, 4.69) is 24.8 Å². The van der Waals surface area contributed by atoms with E-state index >= 15 is 0 Å². The summed E-state index contributed by atoms with van der Waals surface area (Å²) in [7, 11) is 5.55. The Kier molecular flexibility index (Phi) is 6.07. The van der Waals surface area contributed by atoms with E-state index in [0.29, 0.717) is 42.8 Å². The summed E-state index contributed by atoms with van der Waals surface area (Å²) >= 11 is 0. The molecule has 41 heavy (non-hydrogen) atoms. The van der Waals surface area contributed by atoms with Gasteiger partial charge < -0.3 is 19.1 Å². The largest absolute Gasteiger partial charge is 0.480 e. The van der Waals surface area contributed by atoms with Crippen molar-refractivity contribution in [3.05, 3.63) is 59.4 Å². The lowest BCUT2D eigenvalue weighted by atomic mass is 9.98. The molecule has 5 heterocycles. The number of imidazole rings is 1. The highest BCUT2D eigenvalue weighted by molar-refractivity contribution is 5.73. The molecule has 12 heteroatoms. The minimum absolute atomic E-state index is 0.0257. The van der Waals surface area contributed by atoms with Crippen LogP contribution >= 0.6 is 0 Å². The van der Waals surface area contributed by atoms with Crippen molar-refractivity contribution < 1.29 is 17.9 Å². The molecule has 7 rings (SSSR count). The molecule has 9 nitrogen and oxygen atoms in total. The highest BCUT2D eigenvalue weighted by Gasteiger charge is 2.38. The Morgan fingerprint density at radius 1 is 1.02 bits per heavy atom. The first-order valence-electron chi connectivity index (χ1n) is 13.8. The maximum atomic E-state index is 13.5. The smallest absolute Gasteiger partial charge is 0.434 e. The van der Waals surface area contributed by atoms with E-state index in [-0.39, 0.29) is 6.04 Å². The van der Waals surface area contributed by atoms with E-state index in [9.17, 15) is 13.2 Å². The molecule has 0 unspecified atom stereocenters. The molecule has 0 N–H and O–H groups in total. The lowest BCUT2D eigenvalue weighted by molar-refractivity contribution is -0.141. The maximum absolute atomic E-state index is 13.5. The number of fused-ring (bicyclic) bond motifs is 1. The molecule has 0 bridgehead atoms. The Morgan fingerprint density at radius 3 is 2.44 bits per heavy atom. The second-order valence-electron chi connectivity index (χ2n) is 11.3. The van der Waals surface area contributed by atoms with Crippen LogP contribution in [0, 0.1) is 0 Å². The Bertz CT molecular complexity index is 1600. The molecule has 1 aliphatic carbocycles. The van der Waals surface area contributed by atoms with E-state index in [1.807, 2.05) is 43.0 Å². The molecule has 0 atom stereocenters. The molecule has 1 saturated carbocycles. The number of ether oxygens (including phenoxy) is 1. The summed E-state index contributed by atoms with van der Waals surface area (Å²) in [5.41, 5.74) is 5.82. The normalized spacial score (nSPS) is 18.0. The zero-order valence-corrected chi connectivity index (χ0v) is 23.2. The van der Waals surface area contributed by atoms with Crippen LogP contribution < -0.4 is 9.64 Å². The number of likely N-dealkylation sites (tertiary alicyclic amines) is 1. The number of rotatable bonds is 6. The maximum Gasteiger partial charge on any atom is 0.434 e. The third-order valence-electron chi connectivity index (χ3n) is 8.43. The first-order chi connectivity index (χ1) is 19.7. The third kappa shape index (κ3) is 4.54. The number of aryl methyl sites for hydroxylation is 1. The fourth-order valence-electron chi connectivity index (χ4n) is 6.12. The lowest BCUT2D eigenvalue weighted by Gasteiger charge is -2.37. The number of alkyl halides is 3. The van der Waals surface area contributed by atoms with Gasteiger partial charge in [-0.2, -0.15) is 18.3 Å². The van der Waals surface area contributed by atoms with Crippen LogP contribution in [0.4, 0.5) is 18.9 Å². The van der Waals surface area contributed by atoms with Crippen LogP contribution in [0.2, 0.25) is 0 Å². The molecule has 214 valence electrons. The molecule has 3 aromatic heterocycles. The van der Waals surface area contributed by atoms with Crippen molar-refractivity contribution in [1.82, 2.24) is 34.2 Å². The Balaban J connectivity index is 1.20. The minimum Gasteiger partial charge on any atom is -0.480 e. The number of hydrogen-bond donors (Lipinski definition) is 0. The summed E-state index contributed by atoms with van der Waals surface area (Å²) in [5.74, 6) is 1.29. The van der Waals surface area contributed by atoms with Crippen molar-refractivity contribution >= 4 is 5.69 Å². The van der Waals surface area contributed by atoms with Gasteiger partial charge in [-0.15, -0.1) is 0 Å². The monoisotopic (exact) mass is 564 g/mol. The van der Waals surface area contributed by atoms with Gasteiger partial charge in [0, 0.05) is 74.3 Å². The molecular weight excluding hydrogens is 533 g/mol. The molecule has 0 radical (unpaired) electrons. The molecule has 2 fully saturated rings. The standard InChI is InChI=1S/C29H31F3N8O/c1-37-12-20(13-37)40-15-23(29(30,31)32)35-27(40)18-6-8-19(9-7-18)39-11-10-22-21(14-39)26(36-38(22)2)24-25(17-4-5-17)33-16-34-28(24)41-3/h6-9,15-17,20H,4-5,10-14H2,1-3H3. The topological polar surface area (TPSA) is 77.1 Å². The number of nitrogens with zero attached hydrogens (tertiary/aromatic N) is 8. The van der Waals surface area contributed by atoms with Crippen molar-refractivity contribution in [1.29, 1.82) is 0 Å². The third-order valence-corrected chi connectivity index (χ3v) is 8.43. The van der Waals surface area contributed by atoms with Gasteiger partial charge in [-0.25, -0.2) is 15.0 Å². The van der Waals surface area contributed by atoms with Gasteiger partial charge in [0.2, 0.25) is 5.88 Å². The first kappa shape index (κ1) is 26.0. The summed E-state index contributed by atoms with van der Waals surface area (Å²) in [6.45, 7) is 2.83. The van der Waals surface area contributed by atoms with Crippen molar-refractivity contribution in [2.24, 2.45) is 7.05 Å². The average Bonchev–Trinajstić information content (AvgIpc) is 3.61. The highest BCUT2D eigenvalue weighted by atomic mass is 19.4. The van der Waals surface area contributed by atoms with E-state index in [1.54, 1.807) is 18.0 Å². The number of likely N-dealkylation sites (N-methyl/N-ethyl adjacent to an activating group) is 1. The fourth-order valence-corrected chi connectivity index (χ4v) is 6.12. The van der Waals surface area contributed by atoms with Crippen molar-refractivity contribution in [3.63, 3.8) is 0 Å². The van der Waals surface area contributed by atoms with Gasteiger partial charge in [0.25, 0.3) is 0 Å². The predicted octanol–water partition coefficient (Wildman–Crippen LogP) is 4.69. The molecule has 3 aliphatic rings.